The second kappa shape index (κ2) is 10.2. The van der Waals surface area contributed by atoms with Crippen molar-refractivity contribution in [3.05, 3.63) is 68.4 Å². The lowest BCUT2D eigenvalue weighted by molar-refractivity contribution is -0.157. The fraction of sp³-hybridized carbons (Fsp3) is 0.519. The van der Waals surface area contributed by atoms with Crippen molar-refractivity contribution in [2.75, 3.05) is 6.54 Å². The SMILES string of the molecule is CC(C)(C)C[C@@H]1N[C@@H](C(=O)OC(C)(C)C)[C@H](c2ccc(Cl)c(Cl)c2)[C@@]1(CN)c1ccc(Cl)cc1F. The number of carbonyl (C=O) groups excluding carboxylic acids is 1. The molecular formula is C27H34Cl3FN2O2. The van der Waals surface area contributed by atoms with E-state index in [1.165, 1.54) is 6.07 Å². The van der Waals surface area contributed by atoms with E-state index >= 15 is 4.39 Å². The van der Waals surface area contributed by atoms with E-state index in [1.807, 2.05) is 26.8 Å². The molecule has 4 nitrogen and oxygen atoms in total. The molecule has 3 rings (SSSR count). The van der Waals surface area contributed by atoms with Crippen molar-refractivity contribution in [3.8, 4) is 0 Å². The predicted octanol–water partition coefficient (Wildman–Crippen LogP) is 6.88. The van der Waals surface area contributed by atoms with Crippen LogP contribution in [-0.4, -0.2) is 30.2 Å². The number of nitrogens with one attached hydrogen (secondary N) is 1. The number of esters is 1. The van der Waals surface area contributed by atoms with Crippen molar-refractivity contribution in [3.63, 3.8) is 0 Å². The van der Waals surface area contributed by atoms with Gasteiger partial charge >= 0.3 is 5.97 Å². The molecular weight excluding hydrogens is 510 g/mol. The maximum absolute atomic E-state index is 15.6. The first kappa shape index (κ1) is 28.2. The molecule has 0 aromatic heterocycles. The first-order chi connectivity index (χ1) is 16.1. The summed E-state index contributed by atoms with van der Waals surface area (Å²) >= 11 is 18.7. The van der Waals surface area contributed by atoms with Gasteiger partial charge in [0.15, 0.2) is 0 Å². The molecule has 0 spiro atoms. The fourth-order valence-corrected chi connectivity index (χ4v) is 5.66. The van der Waals surface area contributed by atoms with E-state index in [1.54, 1.807) is 24.3 Å². The number of benzene rings is 2. The van der Waals surface area contributed by atoms with Gasteiger partial charge in [0.2, 0.25) is 0 Å². The molecule has 1 heterocycles. The molecule has 1 aliphatic heterocycles. The molecule has 35 heavy (non-hydrogen) atoms. The zero-order valence-electron chi connectivity index (χ0n) is 21.0. The summed E-state index contributed by atoms with van der Waals surface area (Å²) in [5.74, 6) is -1.49. The van der Waals surface area contributed by atoms with Crippen LogP contribution >= 0.6 is 34.8 Å². The number of ether oxygens (including phenoxy) is 1. The molecule has 3 N–H and O–H groups in total. The molecule has 192 valence electrons. The smallest absolute Gasteiger partial charge is 0.324 e. The Kier molecular flexibility index (Phi) is 8.20. The lowest BCUT2D eigenvalue weighted by Crippen LogP contribution is -2.50. The lowest BCUT2D eigenvalue weighted by atomic mass is 9.62. The summed E-state index contributed by atoms with van der Waals surface area (Å²) in [4.78, 5) is 13.6. The monoisotopic (exact) mass is 542 g/mol. The molecule has 0 saturated carbocycles. The van der Waals surface area contributed by atoms with Crippen LogP contribution in [0.4, 0.5) is 4.39 Å². The molecule has 0 aliphatic carbocycles. The van der Waals surface area contributed by atoms with Crippen LogP contribution < -0.4 is 11.1 Å². The summed E-state index contributed by atoms with van der Waals surface area (Å²) in [6.45, 7) is 11.8. The molecule has 1 fully saturated rings. The average Bonchev–Trinajstić information content (AvgIpc) is 3.02. The van der Waals surface area contributed by atoms with Crippen LogP contribution in [-0.2, 0) is 14.9 Å². The van der Waals surface area contributed by atoms with Crippen LogP contribution in [0.2, 0.25) is 15.1 Å². The van der Waals surface area contributed by atoms with Gasteiger partial charge in [-0.3, -0.25) is 4.79 Å². The summed E-state index contributed by atoms with van der Waals surface area (Å²) in [5, 5.41) is 4.52. The standard InChI is InChI=1S/C27H34Cl3FN2O2/c1-25(2,3)13-21-27(14-32,17-9-8-16(28)12-20(17)31)22(15-7-10-18(29)19(30)11-15)23(33-21)24(34)35-26(4,5)6/h7-12,21-23,33H,13-14,32H2,1-6H3/t21-,22-,23+,27-/m0/s1. The Morgan fingerprint density at radius 3 is 2.23 bits per heavy atom. The molecule has 1 saturated heterocycles. The lowest BCUT2D eigenvalue weighted by Gasteiger charge is -2.42. The van der Waals surface area contributed by atoms with E-state index in [0.717, 1.165) is 5.56 Å². The first-order valence-corrected chi connectivity index (χ1v) is 12.8. The normalized spacial score (nSPS) is 25.1. The van der Waals surface area contributed by atoms with Gasteiger partial charge in [-0.2, -0.15) is 0 Å². The van der Waals surface area contributed by atoms with Crippen molar-refractivity contribution < 1.29 is 13.9 Å². The number of halogens is 4. The van der Waals surface area contributed by atoms with Crippen molar-refractivity contribution in [2.45, 2.75) is 77.0 Å². The number of carbonyl (C=O) groups is 1. The van der Waals surface area contributed by atoms with E-state index < -0.39 is 34.8 Å². The van der Waals surface area contributed by atoms with E-state index in [-0.39, 0.29) is 23.0 Å². The second-order valence-electron chi connectivity index (χ2n) is 11.5. The van der Waals surface area contributed by atoms with Gasteiger partial charge < -0.3 is 15.8 Å². The molecule has 0 radical (unpaired) electrons. The Morgan fingerprint density at radius 2 is 1.71 bits per heavy atom. The molecule has 1 aliphatic rings. The largest absolute Gasteiger partial charge is 0.459 e. The van der Waals surface area contributed by atoms with Gasteiger partial charge in [-0.25, -0.2) is 4.39 Å². The van der Waals surface area contributed by atoms with Crippen LogP contribution in [0.25, 0.3) is 0 Å². The minimum absolute atomic E-state index is 0.0729. The van der Waals surface area contributed by atoms with Gasteiger partial charge in [0.1, 0.15) is 17.5 Å². The van der Waals surface area contributed by atoms with E-state index in [9.17, 15) is 4.79 Å². The Hall–Kier alpha value is -1.37. The van der Waals surface area contributed by atoms with Gasteiger partial charge in [-0.05, 0) is 68.0 Å². The van der Waals surface area contributed by atoms with E-state index in [2.05, 4.69) is 26.1 Å². The number of rotatable bonds is 5. The number of nitrogens with two attached hydrogens (primary N) is 1. The predicted molar refractivity (Wildman–Crippen MR) is 142 cm³/mol. The van der Waals surface area contributed by atoms with Crippen LogP contribution in [0.1, 0.15) is 65.0 Å². The molecule has 0 bridgehead atoms. The summed E-state index contributed by atoms with van der Waals surface area (Å²) in [6, 6.07) is 8.69. The van der Waals surface area contributed by atoms with E-state index in [4.69, 9.17) is 45.3 Å². The van der Waals surface area contributed by atoms with Crippen molar-refractivity contribution in [1.29, 1.82) is 0 Å². The minimum atomic E-state index is -0.999. The summed E-state index contributed by atoms with van der Waals surface area (Å²) < 4.78 is 21.5. The van der Waals surface area contributed by atoms with E-state index in [0.29, 0.717) is 22.0 Å². The highest BCUT2D eigenvalue weighted by Crippen LogP contribution is 2.52. The van der Waals surface area contributed by atoms with Crippen molar-refractivity contribution in [2.24, 2.45) is 11.1 Å². The maximum atomic E-state index is 15.6. The van der Waals surface area contributed by atoms with Crippen LogP contribution in [0.3, 0.4) is 0 Å². The zero-order chi connectivity index (χ0) is 26.3. The van der Waals surface area contributed by atoms with Gasteiger partial charge in [0.25, 0.3) is 0 Å². The van der Waals surface area contributed by atoms with Crippen LogP contribution in [0, 0.1) is 11.2 Å². The highest BCUT2D eigenvalue weighted by atomic mass is 35.5. The number of hydrogen-bond acceptors (Lipinski definition) is 4. The molecule has 2 aromatic rings. The van der Waals surface area contributed by atoms with Gasteiger partial charge in [-0.1, -0.05) is 67.7 Å². The third kappa shape index (κ3) is 5.97. The van der Waals surface area contributed by atoms with Gasteiger partial charge in [-0.15, -0.1) is 0 Å². The Bertz CT molecular complexity index is 1100. The van der Waals surface area contributed by atoms with Gasteiger partial charge in [0, 0.05) is 28.9 Å². The Balaban J connectivity index is 2.32. The highest BCUT2D eigenvalue weighted by molar-refractivity contribution is 6.42. The van der Waals surface area contributed by atoms with Crippen molar-refractivity contribution in [1.82, 2.24) is 5.32 Å². The molecule has 8 heteroatoms. The third-order valence-corrected chi connectivity index (χ3v) is 7.42. The summed E-state index contributed by atoms with van der Waals surface area (Å²) in [5.41, 5.74) is 5.81. The quantitative estimate of drug-likeness (QED) is 0.403. The molecule has 0 unspecified atom stereocenters. The van der Waals surface area contributed by atoms with Gasteiger partial charge in [0.05, 0.1) is 10.0 Å². The Morgan fingerprint density at radius 1 is 1.06 bits per heavy atom. The first-order valence-electron chi connectivity index (χ1n) is 11.7. The van der Waals surface area contributed by atoms with Crippen LogP contribution in [0.15, 0.2) is 36.4 Å². The molecule has 0 amide bonds. The maximum Gasteiger partial charge on any atom is 0.324 e. The fourth-order valence-electron chi connectivity index (χ4n) is 5.20. The highest BCUT2D eigenvalue weighted by Gasteiger charge is 2.59. The number of hydrogen-bond donors (Lipinski definition) is 2. The van der Waals surface area contributed by atoms with Crippen LogP contribution in [0.5, 0.6) is 0 Å². The Labute approximate surface area is 222 Å². The van der Waals surface area contributed by atoms with Crippen molar-refractivity contribution >= 4 is 40.8 Å². The second-order valence-corrected chi connectivity index (χ2v) is 12.8. The molecule has 4 atom stereocenters. The minimum Gasteiger partial charge on any atom is -0.459 e. The molecule has 2 aromatic carbocycles. The zero-order valence-corrected chi connectivity index (χ0v) is 23.3. The summed E-state index contributed by atoms with van der Waals surface area (Å²) in [7, 11) is 0. The topological polar surface area (TPSA) is 64.3 Å². The third-order valence-electron chi connectivity index (χ3n) is 6.44. The summed E-state index contributed by atoms with van der Waals surface area (Å²) in [6.07, 6.45) is 0.628. The average molecular weight is 544 g/mol.